The van der Waals surface area contributed by atoms with Crippen LogP contribution in [-0.4, -0.2) is 36.5 Å². The summed E-state index contributed by atoms with van der Waals surface area (Å²) in [6, 6.07) is 8.06. The third-order valence-corrected chi connectivity index (χ3v) is 5.42. The van der Waals surface area contributed by atoms with Crippen LogP contribution in [0.3, 0.4) is 0 Å². The third kappa shape index (κ3) is 4.49. The fraction of sp³-hybridized carbons (Fsp3) is 0.571. The van der Waals surface area contributed by atoms with Crippen molar-refractivity contribution in [3.8, 4) is 0 Å². The minimum Gasteiger partial charge on any atom is -0.452 e. The second-order valence-corrected chi connectivity index (χ2v) is 7.64. The molecule has 1 aromatic rings. The van der Waals surface area contributed by atoms with Crippen molar-refractivity contribution < 1.29 is 19.1 Å². The molecule has 1 heterocycles. The molecule has 6 heteroatoms. The average molecular weight is 372 g/mol. The zero-order chi connectivity index (χ0) is 19.6. The third-order valence-electron chi connectivity index (χ3n) is 5.42. The van der Waals surface area contributed by atoms with Crippen molar-refractivity contribution in [2.24, 2.45) is 5.92 Å². The lowest BCUT2D eigenvalue weighted by Crippen LogP contribution is -2.38. The predicted molar refractivity (Wildman–Crippen MR) is 102 cm³/mol. The van der Waals surface area contributed by atoms with E-state index in [0.29, 0.717) is 12.5 Å². The van der Waals surface area contributed by atoms with E-state index in [0.717, 1.165) is 30.5 Å². The van der Waals surface area contributed by atoms with Gasteiger partial charge in [-0.25, -0.2) is 0 Å². The molecule has 1 N–H and O–H groups in total. The van der Waals surface area contributed by atoms with Gasteiger partial charge in [-0.1, -0.05) is 32.0 Å². The van der Waals surface area contributed by atoms with Crippen LogP contribution in [0.5, 0.6) is 0 Å². The fourth-order valence-electron chi connectivity index (χ4n) is 3.34. The summed E-state index contributed by atoms with van der Waals surface area (Å²) in [5.41, 5.74) is 1.98. The second-order valence-electron chi connectivity index (χ2n) is 7.64. The number of para-hydroxylation sites is 1. The molecule has 0 radical (unpaired) electrons. The summed E-state index contributed by atoms with van der Waals surface area (Å²) in [5, 5.41) is 2.83. The average Bonchev–Trinajstić information content (AvgIpc) is 3.39. The highest BCUT2D eigenvalue weighted by Crippen LogP contribution is 2.33. The van der Waals surface area contributed by atoms with Gasteiger partial charge in [0.15, 0.2) is 6.10 Å². The largest absolute Gasteiger partial charge is 0.452 e. The van der Waals surface area contributed by atoms with Crippen LogP contribution in [0.2, 0.25) is 0 Å². The first-order chi connectivity index (χ1) is 12.9. The maximum Gasteiger partial charge on any atom is 0.312 e. The Bertz CT molecular complexity index is 729. The number of carbonyl (C=O) groups excluding carboxylic acids is 3. The van der Waals surface area contributed by atoms with Crippen molar-refractivity contribution in [1.29, 1.82) is 0 Å². The van der Waals surface area contributed by atoms with E-state index >= 15 is 0 Å². The summed E-state index contributed by atoms with van der Waals surface area (Å²) in [4.78, 5) is 38.7. The number of rotatable bonds is 7. The zero-order valence-electron chi connectivity index (χ0n) is 16.2. The lowest BCUT2D eigenvalue weighted by molar-refractivity contribution is -0.158. The molecule has 2 fully saturated rings. The SMILES string of the molecule is CC[C@@H](C)c1ccccc1N1C[C@H](C(=O)O[C@@H](C)C(=O)NC2CC2)CC1=O. The first-order valence-electron chi connectivity index (χ1n) is 9.80. The Morgan fingerprint density at radius 2 is 1.96 bits per heavy atom. The summed E-state index contributed by atoms with van der Waals surface area (Å²) in [6.07, 6.45) is 2.21. The van der Waals surface area contributed by atoms with Crippen LogP contribution in [0.25, 0.3) is 0 Å². The fourth-order valence-corrected chi connectivity index (χ4v) is 3.34. The maximum absolute atomic E-state index is 12.6. The van der Waals surface area contributed by atoms with Crippen molar-refractivity contribution in [2.45, 2.75) is 64.5 Å². The molecule has 6 nitrogen and oxygen atoms in total. The highest BCUT2D eigenvalue weighted by atomic mass is 16.5. The highest BCUT2D eigenvalue weighted by Gasteiger charge is 2.38. The minimum atomic E-state index is -0.838. The van der Waals surface area contributed by atoms with Gasteiger partial charge in [0.05, 0.1) is 5.92 Å². The second kappa shape index (κ2) is 8.11. The molecule has 1 aromatic carbocycles. The Morgan fingerprint density at radius 1 is 1.26 bits per heavy atom. The monoisotopic (exact) mass is 372 g/mol. The van der Waals surface area contributed by atoms with Crippen LogP contribution in [0, 0.1) is 5.92 Å². The molecule has 0 spiro atoms. The molecule has 3 atom stereocenters. The van der Waals surface area contributed by atoms with Gasteiger partial charge < -0.3 is 15.0 Å². The van der Waals surface area contributed by atoms with Gasteiger partial charge in [-0.15, -0.1) is 0 Å². The molecule has 0 bridgehead atoms. The first kappa shape index (κ1) is 19.4. The molecular formula is C21H28N2O4. The summed E-state index contributed by atoms with van der Waals surface area (Å²) in [5.74, 6) is -1.05. The lowest BCUT2D eigenvalue weighted by Gasteiger charge is -2.23. The van der Waals surface area contributed by atoms with Gasteiger partial charge in [-0.3, -0.25) is 14.4 Å². The van der Waals surface area contributed by atoms with E-state index in [2.05, 4.69) is 19.2 Å². The molecule has 2 aliphatic rings. The van der Waals surface area contributed by atoms with Crippen molar-refractivity contribution >= 4 is 23.5 Å². The number of ether oxygens (including phenoxy) is 1. The van der Waals surface area contributed by atoms with Crippen LogP contribution >= 0.6 is 0 Å². The van der Waals surface area contributed by atoms with E-state index in [-0.39, 0.29) is 24.3 Å². The van der Waals surface area contributed by atoms with E-state index < -0.39 is 18.0 Å². The van der Waals surface area contributed by atoms with Gasteiger partial charge >= 0.3 is 5.97 Å². The van der Waals surface area contributed by atoms with E-state index in [1.165, 1.54) is 0 Å². The van der Waals surface area contributed by atoms with Crippen LogP contribution in [0.4, 0.5) is 5.69 Å². The van der Waals surface area contributed by atoms with Gasteiger partial charge in [-0.2, -0.15) is 0 Å². The standard InChI is InChI=1S/C21H28N2O4/c1-4-13(2)17-7-5-6-8-18(17)23-12-15(11-19(23)24)21(26)27-14(3)20(25)22-16-9-10-16/h5-8,13-16H,4,9-12H2,1-3H3,(H,22,25)/t13-,14+,15-/m1/s1. The minimum absolute atomic E-state index is 0.0808. The highest BCUT2D eigenvalue weighted by molar-refractivity contribution is 6.00. The van der Waals surface area contributed by atoms with E-state index in [9.17, 15) is 14.4 Å². The van der Waals surface area contributed by atoms with Crippen LogP contribution in [0.15, 0.2) is 24.3 Å². The number of esters is 1. The van der Waals surface area contributed by atoms with Crippen molar-refractivity contribution in [3.05, 3.63) is 29.8 Å². The summed E-state index contributed by atoms with van der Waals surface area (Å²) >= 11 is 0. The predicted octanol–water partition coefficient (Wildman–Crippen LogP) is 2.76. The van der Waals surface area contributed by atoms with Crippen LogP contribution in [0.1, 0.15) is 57.9 Å². The quantitative estimate of drug-likeness (QED) is 0.747. The molecule has 0 aromatic heterocycles. The number of nitrogens with zero attached hydrogens (tertiary/aromatic N) is 1. The number of amides is 2. The Morgan fingerprint density at radius 3 is 2.63 bits per heavy atom. The number of anilines is 1. The van der Waals surface area contributed by atoms with Crippen molar-refractivity contribution in [2.75, 3.05) is 11.4 Å². The Kier molecular flexibility index (Phi) is 5.82. The van der Waals surface area contributed by atoms with Gasteiger partial charge in [0, 0.05) is 24.7 Å². The van der Waals surface area contributed by atoms with Crippen LogP contribution in [-0.2, 0) is 19.1 Å². The molecule has 1 saturated heterocycles. The Balaban J connectivity index is 1.65. The molecule has 27 heavy (non-hydrogen) atoms. The van der Waals surface area contributed by atoms with Gasteiger partial charge in [0.25, 0.3) is 5.91 Å². The molecule has 146 valence electrons. The molecule has 1 saturated carbocycles. The number of nitrogens with one attached hydrogen (secondary N) is 1. The Labute approximate surface area is 160 Å². The molecule has 2 amide bonds. The van der Waals surface area contributed by atoms with Gasteiger partial charge in [0.2, 0.25) is 5.91 Å². The number of hydrogen-bond acceptors (Lipinski definition) is 4. The summed E-state index contributed by atoms with van der Waals surface area (Å²) in [6.45, 7) is 6.11. The van der Waals surface area contributed by atoms with Gasteiger partial charge in [-0.05, 0) is 43.7 Å². The van der Waals surface area contributed by atoms with Gasteiger partial charge in [0.1, 0.15) is 0 Å². The van der Waals surface area contributed by atoms with Crippen LogP contribution < -0.4 is 10.2 Å². The van der Waals surface area contributed by atoms with E-state index in [4.69, 9.17) is 4.74 Å². The molecule has 0 unspecified atom stereocenters. The molecule has 1 aliphatic heterocycles. The molecular weight excluding hydrogens is 344 g/mol. The number of hydrogen-bond donors (Lipinski definition) is 1. The number of carbonyl (C=O) groups is 3. The molecule has 1 aliphatic carbocycles. The van der Waals surface area contributed by atoms with E-state index in [1.807, 2.05) is 24.3 Å². The zero-order valence-corrected chi connectivity index (χ0v) is 16.2. The normalized spacial score (nSPS) is 21.7. The topological polar surface area (TPSA) is 75.7 Å². The van der Waals surface area contributed by atoms with Crippen molar-refractivity contribution in [3.63, 3.8) is 0 Å². The van der Waals surface area contributed by atoms with E-state index in [1.54, 1.807) is 11.8 Å². The number of benzene rings is 1. The first-order valence-corrected chi connectivity index (χ1v) is 9.80. The summed E-state index contributed by atoms with van der Waals surface area (Å²) < 4.78 is 5.33. The summed E-state index contributed by atoms with van der Waals surface area (Å²) in [7, 11) is 0. The Hall–Kier alpha value is -2.37. The smallest absolute Gasteiger partial charge is 0.312 e. The maximum atomic E-state index is 12.6. The lowest BCUT2D eigenvalue weighted by atomic mass is 9.96. The van der Waals surface area contributed by atoms with Crippen molar-refractivity contribution in [1.82, 2.24) is 5.32 Å². The molecule has 3 rings (SSSR count).